The molecule has 9 nitrogen and oxygen atoms in total. The first kappa shape index (κ1) is 19.5. The lowest BCUT2D eigenvalue weighted by molar-refractivity contribution is -0.384. The summed E-state index contributed by atoms with van der Waals surface area (Å²) in [6.45, 7) is 3.57. The van der Waals surface area contributed by atoms with Gasteiger partial charge >= 0.3 is 6.20 Å². The maximum absolute atomic E-state index is 12.7. The van der Waals surface area contributed by atoms with Crippen LogP contribution in [-0.4, -0.2) is 35.8 Å². The number of nitro benzene ring substituents is 1. The van der Waals surface area contributed by atoms with E-state index in [1.54, 1.807) is 6.92 Å². The quantitative estimate of drug-likeness (QED) is 0.346. The highest BCUT2D eigenvalue weighted by Gasteiger charge is 2.35. The lowest BCUT2D eigenvalue weighted by atomic mass is 9.98. The van der Waals surface area contributed by atoms with Crippen LogP contribution in [0.3, 0.4) is 0 Å². The van der Waals surface area contributed by atoms with Crippen molar-refractivity contribution in [2.24, 2.45) is 5.92 Å². The minimum absolute atomic E-state index is 0.141. The standard InChI is InChI=1S/C14H18N4O5S/c1-4-10(2)14(13(19)9-16-15)17(3)24(22,23)12-7-5-11(6-8-12)18(20)21/h5-10,14H,4H2,1-3H3/p+1/b13-9-/t10-,14+/m1/s1. The molecule has 0 aliphatic carbocycles. The molecule has 10 heteroatoms. The van der Waals surface area contributed by atoms with Crippen LogP contribution in [0.5, 0.6) is 0 Å². The fourth-order valence-electron chi connectivity index (χ4n) is 2.25. The molecule has 1 aromatic carbocycles. The fourth-order valence-corrected chi connectivity index (χ4v) is 3.68. The first-order valence-electron chi connectivity index (χ1n) is 7.12. The van der Waals surface area contributed by atoms with E-state index >= 15 is 0 Å². The lowest BCUT2D eigenvalue weighted by Crippen LogP contribution is -2.42. The zero-order chi connectivity index (χ0) is 18.5. The van der Waals surface area contributed by atoms with E-state index in [0.717, 1.165) is 34.8 Å². The summed E-state index contributed by atoms with van der Waals surface area (Å²) in [7, 11) is -2.73. The average molecular weight is 355 g/mol. The highest BCUT2D eigenvalue weighted by atomic mass is 32.2. The Bertz CT molecular complexity index is 767. The van der Waals surface area contributed by atoms with Crippen LogP contribution in [0.25, 0.3) is 4.98 Å². The molecular formula is C14H19N4O5S+. The molecule has 130 valence electrons. The number of aliphatic hydroxyl groups excluding tert-OH is 1. The number of non-ortho nitro benzene ring substituents is 1. The number of rotatable bonds is 7. The van der Waals surface area contributed by atoms with Gasteiger partial charge in [-0.05, 0) is 18.1 Å². The third kappa shape index (κ3) is 4.06. The number of benzene rings is 1. The maximum atomic E-state index is 12.7. The lowest BCUT2D eigenvalue weighted by Gasteiger charge is -2.29. The number of hydrogen-bond acceptors (Lipinski definition) is 6. The van der Waals surface area contributed by atoms with Crippen molar-refractivity contribution in [2.75, 3.05) is 7.05 Å². The number of nitro groups is 1. The van der Waals surface area contributed by atoms with Gasteiger partial charge in [0.05, 0.1) is 15.9 Å². The number of likely N-dealkylation sites (N-methyl/N-ethyl adjacent to an activating group) is 1. The minimum atomic E-state index is -4.01. The summed E-state index contributed by atoms with van der Waals surface area (Å²) in [5.41, 5.74) is -0.225. The number of sulfonamides is 1. The highest BCUT2D eigenvalue weighted by Crippen LogP contribution is 2.26. The molecule has 1 N–H and O–H groups in total. The first-order valence-corrected chi connectivity index (χ1v) is 8.56. The van der Waals surface area contributed by atoms with Crippen molar-refractivity contribution in [1.82, 2.24) is 4.31 Å². The Hall–Kier alpha value is -2.51. The van der Waals surface area contributed by atoms with Crippen LogP contribution in [0.4, 0.5) is 5.69 Å². The van der Waals surface area contributed by atoms with Gasteiger partial charge < -0.3 is 5.11 Å². The second kappa shape index (κ2) is 7.85. The van der Waals surface area contributed by atoms with Crippen molar-refractivity contribution in [3.8, 4) is 0 Å². The smallest absolute Gasteiger partial charge is 0.389 e. The van der Waals surface area contributed by atoms with Crippen LogP contribution < -0.4 is 0 Å². The van der Waals surface area contributed by atoms with Crippen molar-refractivity contribution < 1.29 is 18.4 Å². The molecular weight excluding hydrogens is 336 g/mol. The van der Waals surface area contributed by atoms with Gasteiger partial charge in [-0.15, -0.1) is 0 Å². The van der Waals surface area contributed by atoms with Crippen LogP contribution in [-0.2, 0) is 10.0 Å². The predicted octanol–water partition coefficient (Wildman–Crippen LogP) is 2.88. The summed E-state index contributed by atoms with van der Waals surface area (Å²) < 4.78 is 26.4. The Balaban J connectivity index is 3.30. The van der Waals surface area contributed by atoms with E-state index in [0.29, 0.717) is 6.42 Å². The van der Waals surface area contributed by atoms with Gasteiger partial charge in [-0.1, -0.05) is 20.3 Å². The molecule has 0 aliphatic rings. The molecule has 0 amide bonds. The second-order valence-electron chi connectivity index (χ2n) is 5.27. The van der Waals surface area contributed by atoms with Gasteiger partial charge in [0.25, 0.3) is 5.69 Å². The topological polar surface area (TPSA) is 129 Å². The number of diazo groups is 1. The van der Waals surface area contributed by atoms with E-state index < -0.39 is 26.7 Å². The Morgan fingerprint density at radius 2 is 2.00 bits per heavy atom. The van der Waals surface area contributed by atoms with Crippen LogP contribution in [0.2, 0.25) is 0 Å². The summed E-state index contributed by atoms with van der Waals surface area (Å²) in [6.07, 6.45) is 1.34. The monoisotopic (exact) mass is 355 g/mol. The van der Waals surface area contributed by atoms with E-state index in [-0.39, 0.29) is 16.5 Å². The van der Waals surface area contributed by atoms with Crippen molar-refractivity contribution in [3.63, 3.8) is 0 Å². The molecule has 0 heterocycles. The van der Waals surface area contributed by atoms with Crippen LogP contribution >= 0.6 is 0 Å². The molecule has 1 aromatic rings. The Morgan fingerprint density at radius 1 is 1.46 bits per heavy atom. The third-order valence-corrected chi connectivity index (χ3v) is 5.65. The predicted molar refractivity (Wildman–Crippen MR) is 87.1 cm³/mol. The molecule has 0 bridgehead atoms. The SMILES string of the molecule is CC[C@@H](C)[C@@H](/C(O)=C/[N+]#N)N(C)S(=O)(=O)c1ccc([N+](=O)[O-])cc1. The number of nitrogens with zero attached hydrogens (tertiary/aromatic N) is 4. The van der Waals surface area contributed by atoms with E-state index in [1.807, 2.05) is 6.92 Å². The number of hydrogen-bond donors (Lipinski definition) is 1. The third-order valence-electron chi connectivity index (χ3n) is 3.79. The molecule has 0 radical (unpaired) electrons. The summed E-state index contributed by atoms with van der Waals surface area (Å²) in [5, 5.41) is 29.3. The molecule has 0 fully saturated rings. The molecule has 0 saturated heterocycles. The van der Waals surface area contributed by atoms with Crippen molar-refractivity contribution in [2.45, 2.75) is 31.2 Å². The largest absolute Gasteiger partial charge is 0.504 e. The Morgan fingerprint density at radius 3 is 2.42 bits per heavy atom. The number of aliphatic hydroxyl groups is 1. The first-order chi connectivity index (χ1) is 11.2. The van der Waals surface area contributed by atoms with Gasteiger partial charge in [-0.3, -0.25) is 10.1 Å². The summed E-state index contributed by atoms with van der Waals surface area (Å²) in [6, 6.07) is 3.52. The molecule has 0 saturated carbocycles. The van der Waals surface area contributed by atoms with E-state index in [4.69, 9.17) is 5.39 Å². The van der Waals surface area contributed by atoms with Crippen molar-refractivity contribution >= 4 is 15.7 Å². The molecule has 2 atom stereocenters. The van der Waals surface area contributed by atoms with Crippen molar-refractivity contribution in [3.05, 3.63) is 51.3 Å². The van der Waals surface area contributed by atoms with E-state index in [2.05, 4.69) is 4.98 Å². The van der Waals surface area contributed by atoms with Crippen LogP contribution in [0.1, 0.15) is 20.3 Å². The zero-order valence-corrected chi connectivity index (χ0v) is 14.3. The summed E-state index contributed by atoms with van der Waals surface area (Å²) >= 11 is 0. The Labute approximate surface area is 140 Å². The maximum Gasteiger partial charge on any atom is 0.389 e. The van der Waals surface area contributed by atoms with Crippen LogP contribution in [0.15, 0.2) is 41.1 Å². The summed E-state index contributed by atoms with van der Waals surface area (Å²) in [5.74, 6) is -0.666. The molecule has 0 spiro atoms. The average Bonchev–Trinajstić information content (AvgIpc) is 2.54. The van der Waals surface area contributed by atoms with Crippen LogP contribution in [0, 0.1) is 21.4 Å². The normalized spacial score (nSPS) is 14.9. The minimum Gasteiger partial charge on any atom is -0.504 e. The molecule has 24 heavy (non-hydrogen) atoms. The van der Waals surface area contributed by atoms with E-state index in [9.17, 15) is 23.6 Å². The van der Waals surface area contributed by atoms with E-state index in [1.165, 1.54) is 7.05 Å². The molecule has 1 rings (SSSR count). The highest BCUT2D eigenvalue weighted by molar-refractivity contribution is 7.89. The van der Waals surface area contributed by atoms with Gasteiger partial charge in [0.2, 0.25) is 15.4 Å². The van der Waals surface area contributed by atoms with Gasteiger partial charge in [0.15, 0.2) is 10.7 Å². The fraction of sp³-hybridized carbons (Fsp3) is 0.429. The Kier molecular flexibility index (Phi) is 6.39. The van der Waals surface area contributed by atoms with Gasteiger partial charge in [0, 0.05) is 19.2 Å². The van der Waals surface area contributed by atoms with Gasteiger partial charge in [-0.25, -0.2) is 8.42 Å². The zero-order valence-electron chi connectivity index (χ0n) is 13.5. The molecule has 0 aromatic heterocycles. The second-order valence-corrected chi connectivity index (χ2v) is 7.27. The molecule has 0 unspecified atom stereocenters. The molecule has 0 aliphatic heterocycles. The van der Waals surface area contributed by atoms with Crippen molar-refractivity contribution in [1.29, 1.82) is 5.39 Å². The van der Waals surface area contributed by atoms with Gasteiger partial charge in [0.1, 0.15) is 0 Å². The van der Waals surface area contributed by atoms with Gasteiger partial charge in [-0.2, -0.15) is 4.31 Å². The summed E-state index contributed by atoms with van der Waals surface area (Å²) in [4.78, 5) is 12.6.